The van der Waals surface area contributed by atoms with Crippen LogP contribution in [0.2, 0.25) is 0 Å². The molecule has 3 heterocycles. The Morgan fingerprint density at radius 2 is 2.19 bits per heavy atom. The van der Waals surface area contributed by atoms with Crippen molar-refractivity contribution in [3.8, 4) is 0 Å². The molecule has 0 spiro atoms. The Balaban J connectivity index is 1.38. The van der Waals surface area contributed by atoms with Crippen LogP contribution in [0.5, 0.6) is 0 Å². The molecule has 1 fully saturated rings. The summed E-state index contributed by atoms with van der Waals surface area (Å²) in [7, 11) is 0. The molecule has 2 atom stereocenters. The predicted molar refractivity (Wildman–Crippen MR) is 107 cm³/mol. The number of imidazole rings is 1. The first-order valence-corrected chi connectivity index (χ1v) is 10.7. The fraction of sp³-hybridized carbons (Fsp3) is 0.368. The third kappa shape index (κ3) is 3.00. The molecule has 0 saturated heterocycles. The molecule has 2 N–H and O–H groups in total. The monoisotopic (exact) mass is 384 g/mol. The third-order valence-corrected chi connectivity index (χ3v) is 6.82. The summed E-state index contributed by atoms with van der Waals surface area (Å²) >= 11 is 3.33. The quantitative estimate of drug-likeness (QED) is 0.550. The summed E-state index contributed by atoms with van der Waals surface area (Å²) in [5, 5.41) is 16.6. The number of aliphatic hydroxyl groups is 1. The number of anilines is 1. The molecule has 2 unspecified atom stereocenters. The van der Waals surface area contributed by atoms with E-state index in [0.717, 1.165) is 41.3 Å². The van der Waals surface area contributed by atoms with Gasteiger partial charge < -0.3 is 10.4 Å². The van der Waals surface area contributed by atoms with Crippen molar-refractivity contribution >= 4 is 43.0 Å². The van der Waals surface area contributed by atoms with Gasteiger partial charge in [0.05, 0.1) is 28.6 Å². The molecule has 1 aromatic carbocycles. The highest BCUT2D eigenvalue weighted by Gasteiger charge is 2.23. The zero-order chi connectivity index (χ0) is 17.5. The maximum atomic E-state index is 10.2. The molecule has 3 aromatic heterocycles. The Labute approximate surface area is 159 Å². The van der Waals surface area contributed by atoms with Crippen LogP contribution in [-0.2, 0) is 6.42 Å². The van der Waals surface area contributed by atoms with Crippen LogP contribution in [0.3, 0.4) is 0 Å². The molecule has 0 radical (unpaired) electrons. The molecule has 0 aliphatic heterocycles. The lowest BCUT2D eigenvalue weighted by Gasteiger charge is -2.27. The summed E-state index contributed by atoms with van der Waals surface area (Å²) in [6, 6.07) is 6.59. The van der Waals surface area contributed by atoms with E-state index in [-0.39, 0.29) is 12.1 Å². The normalized spacial score (nSPS) is 20.8. The van der Waals surface area contributed by atoms with Crippen molar-refractivity contribution in [1.82, 2.24) is 14.4 Å². The van der Waals surface area contributed by atoms with Gasteiger partial charge >= 0.3 is 0 Å². The van der Waals surface area contributed by atoms with Gasteiger partial charge in [-0.3, -0.25) is 4.40 Å². The lowest BCUT2D eigenvalue weighted by Crippen LogP contribution is -2.36. The smallest absolute Gasteiger partial charge is 0.193 e. The Kier molecular flexibility index (Phi) is 4.15. The van der Waals surface area contributed by atoms with Gasteiger partial charge in [-0.1, -0.05) is 30.2 Å². The SMILES string of the molecule is OC1CCCCC1Nc1nc2ccc(Cc3cnc4sccn34)cc2s1. The third-order valence-electron chi connectivity index (χ3n) is 5.10. The minimum Gasteiger partial charge on any atom is -0.391 e. The lowest BCUT2D eigenvalue weighted by molar-refractivity contribution is 0.116. The maximum Gasteiger partial charge on any atom is 0.193 e. The van der Waals surface area contributed by atoms with Crippen molar-refractivity contribution in [3.05, 3.63) is 47.2 Å². The number of nitrogens with one attached hydrogen (secondary N) is 1. The summed E-state index contributed by atoms with van der Waals surface area (Å²) in [6.07, 6.45) is 8.82. The van der Waals surface area contributed by atoms with E-state index >= 15 is 0 Å². The lowest BCUT2D eigenvalue weighted by atomic mass is 9.93. The fourth-order valence-electron chi connectivity index (χ4n) is 3.69. The second kappa shape index (κ2) is 6.64. The molecule has 1 aliphatic rings. The maximum absolute atomic E-state index is 10.2. The number of aromatic nitrogens is 3. The van der Waals surface area contributed by atoms with Gasteiger partial charge in [0.15, 0.2) is 10.1 Å². The number of fused-ring (bicyclic) bond motifs is 2. The number of benzene rings is 1. The molecule has 0 amide bonds. The molecule has 5 rings (SSSR count). The van der Waals surface area contributed by atoms with Crippen LogP contribution in [0.15, 0.2) is 36.0 Å². The van der Waals surface area contributed by atoms with E-state index in [9.17, 15) is 5.11 Å². The molecule has 0 bridgehead atoms. The van der Waals surface area contributed by atoms with E-state index in [0.29, 0.717) is 0 Å². The van der Waals surface area contributed by atoms with Crippen LogP contribution in [0, 0.1) is 0 Å². The Morgan fingerprint density at radius 1 is 1.27 bits per heavy atom. The number of nitrogens with zero attached hydrogens (tertiary/aromatic N) is 3. The first-order valence-electron chi connectivity index (χ1n) is 9.00. The van der Waals surface area contributed by atoms with Crippen molar-refractivity contribution in [2.75, 3.05) is 5.32 Å². The first-order chi connectivity index (χ1) is 12.8. The number of hydrogen-bond acceptors (Lipinski definition) is 6. The topological polar surface area (TPSA) is 62.5 Å². The van der Waals surface area contributed by atoms with Crippen molar-refractivity contribution in [1.29, 1.82) is 0 Å². The van der Waals surface area contributed by atoms with Gasteiger partial charge in [-0.05, 0) is 30.5 Å². The van der Waals surface area contributed by atoms with Crippen LogP contribution < -0.4 is 5.32 Å². The average Bonchev–Trinajstić information content (AvgIpc) is 3.33. The second-order valence-corrected chi connectivity index (χ2v) is 8.81. The summed E-state index contributed by atoms with van der Waals surface area (Å²) in [4.78, 5) is 10.2. The minimum absolute atomic E-state index is 0.127. The molecule has 134 valence electrons. The molecule has 26 heavy (non-hydrogen) atoms. The van der Waals surface area contributed by atoms with E-state index in [4.69, 9.17) is 4.98 Å². The molecule has 7 heteroatoms. The number of aliphatic hydroxyl groups excluding tert-OH is 1. The molecule has 5 nitrogen and oxygen atoms in total. The van der Waals surface area contributed by atoms with Gasteiger partial charge in [0.1, 0.15) is 0 Å². The van der Waals surface area contributed by atoms with Gasteiger partial charge in [0.25, 0.3) is 0 Å². The number of thiazole rings is 2. The fourth-order valence-corrected chi connectivity index (χ4v) is 5.40. The summed E-state index contributed by atoms with van der Waals surface area (Å²) in [6.45, 7) is 0. The average molecular weight is 385 g/mol. The summed E-state index contributed by atoms with van der Waals surface area (Å²) < 4.78 is 3.33. The van der Waals surface area contributed by atoms with Gasteiger partial charge in [0.2, 0.25) is 0 Å². The van der Waals surface area contributed by atoms with Crippen molar-refractivity contribution in [3.63, 3.8) is 0 Å². The Morgan fingerprint density at radius 3 is 3.12 bits per heavy atom. The summed E-state index contributed by atoms with van der Waals surface area (Å²) in [5.74, 6) is 0. The molecule has 4 aromatic rings. The highest BCUT2D eigenvalue weighted by Crippen LogP contribution is 2.30. The number of hydrogen-bond donors (Lipinski definition) is 2. The van der Waals surface area contributed by atoms with E-state index < -0.39 is 0 Å². The van der Waals surface area contributed by atoms with Crippen LogP contribution in [0.1, 0.15) is 36.9 Å². The molecule has 1 saturated carbocycles. The van der Waals surface area contributed by atoms with Crippen molar-refractivity contribution in [2.45, 2.75) is 44.2 Å². The van der Waals surface area contributed by atoms with Gasteiger partial charge in [-0.15, -0.1) is 11.3 Å². The first kappa shape index (κ1) is 16.2. The zero-order valence-corrected chi connectivity index (χ0v) is 15.9. The Hall–Kier alpha value is -1.96. The standard InChI is InChI=1S/C19H20N4OS2/c24-16-4-2-1-3-14(16)21-18-22-15-6-5-12(10-17(15)26-18)9-13-11-20-19-23(13)7-8-25-19/h5-8,10-11,14,16,24H,1-4,9H2,(H,21,22). The summed E-state index contributed by atoms with van der Waals surface area (Å²) in [5.41, 5.74) is 3.48. The Bertz CT molecular complexity index is 1050. The van der Waals surface area contributed by atoms with Gasteiger partial charge in [-0.2, -0.15) is 0 Å². The van der Waals surface area contributed by atoms with Gasteiger partial charge in [0, 0.05) is 23.7 Å². The van der Waals surface area contributed by atoms with Gasteiger partial charge in [-0.25, -0.2) is 9.97 Å². The van der Waals surface area contributed by atoms with Crippen LogP contribution in [-0.4, -0.2) is 31.6 Å². The van der Waals surface area contributed by atoms with Crippen molar-refractivity contribution in [2.24, 2.45) is 0 Å². The van der Waals surface area contributed by atoms with Crippen molar-refractivity contribution < 1.29 is 5.11 Å². The highest BCUT2D eigenvalue weighted by atomic mass is 32.1. The van der Waals surface area contributed by atoms with E-state index in [1.54, 1.807) is 22.7 Å². The molecular formula is C19H20N4OS2. The van der Waals surface area contributed by atoms with Crippen LogP contribution in [0.4, 0.5) is 5.13 Å². The van der Waals surface area contributed by atoms with Crippen LogP contribution >= 0.6 is 22.7 Å². The largest absolute Gasteiger partial charge is 0.391 e. The molecule has 1 aliphatic carbocycles. The predicted octanol–water partition coefficient (Wildman–Crippen LogP) is 4.31. The number of rotatable bonds is 4. The minimum atomic E-state index is -0.263. The highest BCUT2D eigenvalue weighted by molar-refractivity contribution is 7.22. The molecular weight excluding hydrogens is 364 g/mol. The van der Waals surface area contributed by atoms with E-state index in [1.807, 2.05) is 6.20 Å². The second-order valence-electron chi connectivity index (χ2n) is 6.91. The van der Waals surface area contributed by atoms with E-state index in [2.05, 4.69) is 44.5 Å². The van der Waals surface area contributed by atoms with E-state index in [1.165, 1.54) is 22.4 Å². The zero-order valence-electron chi connectivity index (χ0n) is 14.3. The van der Waals surface area contributed by atoms with Crippen LogP contribution in [0.25, 0.3) is 15.2 Å².